The Morgan fingerprint density at radius 3 is 2.22 bits per heavy atom. The van der Waals surface area contributed by atoms with Crippen LogP contribution in [0.1, 0.15) is 77.5 Å². The van der Waals surface area contributed by atoms with Gasteiger partial charge >= 0.3 is 6.09 Å². The largest absolute Gasteiger partial charge is 0.444 e. The highest BCUT2D eigenvalue weighted by molar-refractivity contribution is 5.90. The van der Waals surface area contributed by atoms with Crippen LogP contribution in [0.3, 0.4) is 0 Å². The number of hydrogen-bond acceptors (Lipinski definition) is 4. The first-order chi connectivity index (χ1) is 15.1. The van der Waals surface area contributed by atoms with E-state index in [0.29, 0.717) is 24.2 Å². The van der Waals surface area contributed by atoms with E-state index >= 15 is 0 Å². The minimum atomic E-state index is -0.821. The standard InChI is InChI=1S/C25H37N3O4/c1-7-10-16-26-23(30)22(20-14-12-19(9-3)13-15-20)28(17-11-8-2)21(29)18-27-24(31)32-25(4,5)6/h3,12-15,22H,7-8,10-11,16-18H2,1-2,4-6H3,(H,26,30)(H,27,31). The first kappa shape index (κ1) is 27.0. The number of hydrogen-bond donors (Lipinski definition) is 2. The van der Waals surface area contributed by atoms with Crippen LogP contribution in [-0.2, 0) is 14.3 Å². The van der Waals surface area contributed by atoms with Crippen LogP contribution in [0.2, 0.25) is 0 Å². The summed E-state index contributed by atoms with van der Waals surface area (Å²) in [6, 6.07) is 6.23. The zero-order valence-corrected chi connectivity index (χ0v) is 20.0. The van der Waals surface area contributed by atoms with Gasteiger partial charge in [-0.05, 0) is 51.3 Å². The average Bonchev–Trinajstić information content (AvgIpc) is 2.74. The second kappa shape index (κ2) is 13.4. The van der Waals surface area contributed by atoms with Gasteiger partial charge in [-0.3, -0.25) is 9.59 Å². The van der Waals surface area contributed by atoms with E-state index in [1.54, 1.807) is 45.0 Å². The molecule has 1 rings (SSSR count). The number of carbonyl (C=O) groups excluding carboxylic acids is 3. The molecule has 2 N–H and O–H groups in total. The molecule has 176 valence electrons. The summed E-state index contributed by atoms with van der Waals surface area (Å²) in [5, 5.41) is 5.43. The van der Waals surface area contributed by atoms with Gasteiger partial charge in [0.1, 0.15) is 18.2 Å². The van der Waals surface area contributed by atoms with E-state index in [9.17, 15) is 14.4 Å². The molecule has 3 amide bonds. The van der Waals surface area contributed by atoms with E-state index in [-0.39, 0.29) is 18.4 Å². The normalized spacial score (nSPS) is 11.8. The Morgan fingerprint density at radius 1 is 1.06 bits per heavy atom. The molecule has 0 aliphatic heterocycles. The summed E-state index contributed by atoms with van der Waals surface area (Å²) in [6.07, 6.45) is 8.14. The molecule has 1 aromatic carbocycles. The molecule has 0 aliphatic rings. The summed E-state index contributed by atoms with van der Waals surface area (Å²) in [6.45, 7) is 9.95. The summed E-state index contributed by atoms with van der Waals surface area (Å²) in [5.74, 6) is 1.94. The van der Waals surface area contributed by atoms with Crippen LogP contribution in [0.5, 0.6) is 0 Å². The van der Waals surface area contributed by atoms with E-state index in [1.807, 2.05) is 13.8 Å². The van der Waals surface area contributed by atoms with Crippen molar-refractivity contribution >= 4 is 17.9 Å². The van der Waals surface area contributed by atoms with Gasteiger partial charge in [0.05, 0.1) is 0 Å². The fourth-order valence-corrected chi connectivity index (χ4v) is 3.01. The molecule has 0 fully saturated rings. The van der Waals surface area contributed by atoms with Crippen molar-refractivity contribution in [3.8, 4) is 12.3 Å². The maximum absolute atomic E-state index is 13.2. The number of carbonyl (C=O) groups is 3. The van der Waals surface area contributed by atoms with E-state index in [2.05, 4.69) is 16.6 Å². The zero-order chi connectivity index (χ0) is 24.1. The van der Waals surface area contributed by atoms with Gasteiger partial charge in [0.25, 0.3) is 0 Å². The third-order valence-corrected chi connectivity index (χ3v) is 4.64. The third-order valence-electron chi connectivity index (χ3n) is 4.64. The zero-order valence-electron chi connectivity index (χ0n) is 20.0. The summed E-state index contributed by atoms with van der Waals surface area (Å²) in [4.78, 5) is 39.8. The number of terminal acetylenes is 1. The molecule has 0 heterocycles. The third kappa shape index (κ3) is 9.42. The Labute approximate surface area is 192 Å². The van der Waals surface area contributed by atoms with Crippen LogP contribution in [0.25, 0.3) is 0 Å². The second-order valence-corrected chi connectivity index (χ2v) is 8.61. The van der Waals surface area contributed by atoms with Crippen LogP contribution < -0.4 is 10.6 Å². The van der Waals surface area contributed by atoms with Crippen molar-refractivity contribution < 1.29 is 19.1 Å². The predicted octanol–water partition coefficient (Wildman–Crippen LogP) is 3.78. The van der Waals surface area contributed by atoms with Crippen molar-refractivity contribution in [2.75, 3.05) is 19.6 Å². The van der Waals surface area contributed by atoms with Gasteiger partial charge in [-0.2, -0.15) is 0 Å². The summed E-state index contributed by atoms with van der Waals surface area (Å²) in [7, 11) is 0. The quantitative estimate of drug-likeness (QED) is 0.402. The number of benzene rings is 1. The molecule has 0 radical (unpaired) electrons. The molecular formula is C25H37N3O4. The monoisotopic (exact) mass is 443 g/mol. The van der Waals surface area contributed by atoms with E-state index in [1.165, 1.54) is 4.90 Å². The number of amides is 3. The Balaban J connectivity index is 3.14. The molecule has 0 aromatic heterocycles. The van der Waals surface area contributed by atoms with Gasteiger partial charge in [0, 0.05) is 18.7 Å². The lowest BCUT2D eigenvalue weighted by atomic mass is 10.0. The molecule has 0 saturated heterocycles. The van der Waals surface area contributed by atoms with Gasteiger partial charge in [-0.25, -0.2) is 4.79 Å². The number of nitrogens with one attached hydrogen (secondary N) is 2. The maximum Gasteiger partial charge on any atom is 0.408 e. The van der Waals surface area contributed by atoms with Crippen LogP contribution in [0, 0.1) is 12.3 Å². The molecule has 0 aliphatic carbocycles. The lowest BCUT2D eigenvalue weighted by molar-refractivity contribution is -0.140. The van der Waals surface area contributed by atoms with E-state index in [4.69, 9.17) is 11.2 Å². The van der Waals surface area contributed by atoms with Crippen molar-refractivity contribution in [3.05, 3.63) is 35.4 Å². The number of ether oxygens (including phenoxy) is 1. The van der Waals surface area contributed by atoms with Crippen molar-refractivity contribution in [1.82, 2.24) is 15.5 Å². The van der Waals surface area contributed by atoms with Crippen molar-refractivity contribution in [2.24, 2.45) is 0 Å². The Hall–Kier alpha value is -3.01. The number of rotatable bonds is 11. The fourth-order valence-electron chi connectivity index (χ4n) is 3.01. The van der Waals surface area contributed by atoms with Crippen LogP contribution in [0.15, 0.2) is 24.3 Å². The maximum atomic E-state index is 13.2. The Kier molecular flexibility index (Phi) is 11.3. The molecule has 0 spiro atoms. The van der Waals surface area contributed by atoms with Gasteiger partial charge in [0.15, 0.2) is 0 Å². The molecular weight excluding hydrogens is 406 g/mol. The van der Waals surface area contributed by atoms with Crippen molar-refractivity contribution in [2.45, 2.75) is 71.9 Å². The van der Waals surface area contributed by atoms with Gasteiger partial charge in [-0.1, -0.05) is 44.7 Å². The summed E-state index contributed by atoms with van der Waals surface area (Å²) < 4.78 is 5.21. The lowest BCUT2D eigenvalue weighted by Crippen LogP contribution is -2.48. The highest BCUT2D eigenvalue weighted by Gasteiger charge is 2.31. The van der Waals surface area contributed by atoms with Crippen molar-refractivity contribution in [1.29, 1.82) is 0 Å². The highest BCUT2D eigenvalue weighted by Crippen LogP contribution is 2.23. The first-order valence-electron chi connectivity index (χ1n) is 11.2. The highest BCUT2D eigenvalue weighted by atomic mass is 16.6. The Morgan fingerprint density at radius 2 is 1.69 bits per heavy atom. The van der Waals surface area contributed by atoms with Crippen LogP contribution >= 0.6 is 0 Å². The van der Waals surface area contributed by atoms with E-state index in [0.717, 1.165) is 25.7 Å². The SMILES string of the molecule is C#Cc1ccc(C(C(=O)NCCCC)N(CCCC)C(=O)CNC(=O)OC(C)(C)C)cc1. The fraction of sp³-hybridized carbons (Fsp3) is 0.560. The molecule has 1 aromatic rings. The smallest absolute Gasteiger partial charge is 0.408 e. The summed E-state index contributed by atoms with van der Waals surface area (Å²) >= 11 is 0. The van der Waals surface area contributed by atoms with Crippen LogP contribution in [-0.4, -0.2) is 48.0 Å². The number of unbranched alkanes of at least 4 members (excludes halogenated alkanes) is 2. The molecule has 0 bridgehead atoms. The molecule has 7 nitrogen and oxygen atoms in total. The van der Waals surface area contributed by atoms with E-state index < -0.39 is 17.7 Å². The van der Waals surface area contributed by atoms with Gasteiger partial charge < -0.3 is 20.3 Å². The van der Waals surface area contributed by atoms with Crippen molar-refractivity contribution in [3.63, 3.8) is 0 Å². The second-order valence-electron chi connectivity index (χ2n) is 8.61. The van der Waals surface area contributed by atoms with Gasteiger partial charge in [-0.15, -0.1) is 6.42 Å². The number of alkyl carbamates (subject to hydrolysis) is 1. The van der Waals surface area contributed by atoms with Gasteiger partial charge in [0.2, 0.25) is 11.8 Å². The minimum Gasteiger partial charge on any atom is -0.444 e. The average molecular weight is 444 g/mol. The van der Waals surface area contributed by atoms with Crippen LogP contribution in [0.4, 0.5) is 4.79 Å². The molecule has 0 saturated carbocycles. The molecule has 1 atom stereocenters. The first-order valence-corrected chi connectivity index (χ1v) is 11.2. The lowest BCUT2D eigenvalue weighted by Gasteiger charge is -2.32. The Bertz CT molecular complexity index is 791. The topological polar surface area (TPSA) is 87.7 Å². The molecule has 32 heavy (non-hydrogen) atoms. The molecule has 7 heteroatoms. The summed E-state index contributed by atoms with van der Waals surface area (Å²) in [5.41, 5.74) is 0.687. The number of nitrogens with zero attached hydrogens (tertiary/aromatic N) is 1. The molecule has 1 unspecified atom stereocenters. The minimum absolute atomic E-state index is 0.256. The predicted molar refractivity (Wildman–Crippen MR) is 126 cm³/mol.